The van der Waals surface area contributed by atoms with Gasteiger partial charge in [0.2, 0.25) is 5.78 Å². The lowest BCUT2D eigenvalue weighted by Crippen LogP contribution is -2.09. The van der Waals surface area contributed by atoms with Gasteiger partial charge < -0.3 is 19.9 Å². The van der Waals surface area contributed by atoms with Crippen LogP contribution in [0.4, 0.5) is 0 Å². The molecule has 29 heavy (non-hydrogen) atoms. The van der Waals surface area contributed by atoms with Crippen molar-refractivity contribution in [3.63, 3.8) is 0 Å². The number of rotatable bonds is 7. The lowest BCUT2D eigenvalue weighted by molar-refractivity contribution is 0.103. The monoisotopic (exact) mass is 416 g/mol. The molecule has 0 aliphatic carbocycles. The van der Waals surface area contributed by atoms with E-state index in [0.29, 0.717) is 40.4 Å². The van der Waals surface area contributed by atoms with E-state index in [-0.39, 0.29) is 24.3 Å². The minimum Gasteiger partial charge on any atom is -0.493 e. The molecule has 2 aromatic carbocycles. The molecular formula is C22H25ClN2O4. The van der Waals surface area contributed by atoms with Crippen molar-refractivity contribution in [2.24, 2.45) is 5.73 Å². The molecule has 0 saturated heterocycles. The Kier molecular flexibility index (Phi) is 7.42. The van der Waals surface area contributed by atoms with Crippen LogP contribution in [0, 0.1) is 0 Å². The molecule has 0 radical (unpaired) electrons. The minimum atomic E-state index is -0.199. The molecule has 3 aromatic rings. The Morgan fingerprint density at radius 3 is 2.31 bits per heavy atom. The van der Waals surface area contributed by atoms with E-state index < -0.39 is 0 Å². The number of ether oxygens (including phenoxy) is 3. The first-order valence-corrected chi connectivity index (χ1v) is 9.03. The molecule has 0 saturated carbocycles. The fraction of sp³-hybridized carbons (Fsp3) is 0.273. The molecule has 0 atom stereocenters. The highest BCUT2D eigenvalue weighted by Crippen LogP contribution is 2.35. The fourth-order valence-corrected chi connectivity index (χ4v) is 3.09. The lowest BCUT2D eigenvalue weighted by Gasteiger charge is -2.14. The zero-order valence-electron chi connectivity index (χ0n) is 16.9. The molecule has 7 heteroatoms. The van der Waals surface area contributed by atoms with E-state index in [4.69, 9.17) is 19.9 Å². The van der Waals surface area contributed by atoms with Crippen LogP contribution in [0.1, 0.15) is 35.5 Å². The van der Waals surface area contributed by atoms with E-state index in [1.54, 1.807) is 44.7 Å². The van der Waals surface area contributed by atoms with E-state index in [1.165, 1.54) is 0 Å². The first kappa shape index (κ1) is 22.5. The van der Waals surface area contributed by atoms with Gasteiger partial charge in [-0.1, -0.05) is 12.1 Å². The van der Waals surface area contributed by atoms with Crippen LogP contribution in [-0.4, -0.2) is 31.1 Å². The largest absolute Gasteiger partial charge is 0.493 e. The van der Waals surface area contributed by atoms with Crippen LogP contribution in [0.2, 0.25) is 0 Å². The van der Waals surface area contributed by atoms with Crippen molar-refractivity contribution in [3.8, 4) is 17.2 Å². The number of pyridine rings is 1. The summed E-state index contributed by atoms with van der Waals surface area (Å²) in [5.41, 5.74) is 7.52. The second kappa shape index (κ2) is 9.58. The van der Waals surface area contributed by atoms with Gasteiger partial charge in [-0.15, -0.1) is 12.4 Å². The molecule has 6 nitrogen and oxygen atoms in total. The Morgan fingerprint density at radius 1 is 1.07 bits per heavy atom. The van der Waals surface area contributed by atoms with Gasteiger partial charge in [-0.05, 0) is 49.1 Å². The smallest absolute Gasteiger partial charge is 0.212 e. The normalized spacial score (nSPS) is 10.6. The van der Waals surface area contributed by atoms with Crippen molar-refractivity contribution < 1.29 is 19.0 Å². The predicted octanol–water partition coefficient (Wildman–Crippen LogP) is 4.15. The summed E-state index contributed by atoms with van der Waals surface area (Å²) in [6, 6.07) is 10.7. The Labute approximate surface area is 176 Å². The van der Waals surface area contributed by atoms with Crippen molar-refractivity contribution in [2.45, 2.75) is 26.5 Å². The second-order valence-corrected chi connectivity index (χ2v) is 6.61. The summed E-state index contributed by atoms with van der Waals surface area (Å²) in [5.74, 6) is 1.54. The topological polar surface area (TPSA) is 83.7 Å². The maximum absolute atomic E-state index is 13.2. The van der Waals surface area contributed by atoms with Crippen LogP contribution in [0.3, 0.4) is 0 Å². The Morgan fingerprint density at radius 2 is 1.72 bits per heavy atom. The highest BCUT2D eigenvalue weighted by atomic mass is 35.5. The summed E-state index contributed by atoms with van der Waals surface area (Å²) in [7, 11) is 3.12. The molecule has 0 spiro atoms. The zero-order chi connectivity index (χ0) is 20.3. The number of hydrogen-bond acceptors (Lipinski definition) is 6. The van der Waals surface area contributed by atoms with Crippen molar-refractivity contribution in [1.82, 2.24) is 4.98 Å². The van der Waals surface area contributed by atoms with E-state index in [1.807, 2.05) is 26.0 Å². The van der Waals surface area contributed by atoms with Gasteiger partial charge in [0.05, 0.1) is 20.3 Å². The van der Waals surface area contributed by atoms with Crippen molar-refractivity contribution in [2.75, 3.05) is 14.2 Å². The number of ketones is 1. The number of hydrogen-bond donors (Lipinski definition) is 1. The molecule has 1 aromatic heterocycles. The number of aromatic nitrogens is 1. The first-order chi connectivity index (χ1) is 13.5. The van der Waals surface area contributed by atoms with Crippen molar-refractivity contribution >= 4 is 29.0 Å². The summed E-state index contributed by atoms with van der Waals surface area (Å²) >= 11 is 0. The van der Waals surface area contributed by atoms with Crippen molar-refractivity contribution in [1.29, 1.82) is 0 Å². The SMILES string of the molecule is COc1cc2c(CN)cnc(C(=O)c3cccc(OC(C)C)c3)c2cc1OC.Cl. The molecule has 154 valence electrons. The van der Waals surface area contributed by atoms with Gasteiger partial charge in [0.1, 0.15) is 11.4 Å². The van der Waals surface area contributed by atoms with E-state index in [2.05, 4.69) is 4.98 Å². The summed E-state index contributed by atoms with van der Waals surface area (Å²) in [6.45, 7) is 4.18. The third-order valence-corrected chi connectivity index (χ3v) is 4.38. The third-order valence-electron chi connectivity index (χ3n) is 4.38. The molecule has 0 amide bonds. The van der Waals surface area contributed by atoms with E-state index in [0.717, 1.165) is 10.9 Å². The number of carbonyl (C=O) groups is 1. The number of nitrogens with zero attached hydrogens (tertiary/aromatic N) is 1. The van der Waals surface area contributed by atoms with Gasteiger partial charge in [0.15, 0.2) is 11.5 Å². The summed E-state index contributed by atoms with van der Waals surface area (Å²) < 4.78 is 16.5. The number of fused-ring (bicyclic) bond motifs is 1. The molecule has 3 rings (SSSR count). The van der Waals surface area contributed by atoms with E-state index in [9.17, 15) is 4.79 Å². The maximum atomic E-state index is 13.2. The maximum Gasteiger partial charge on any atom is 0.212 e. The molecule has 0 fully saturated rings. The van der Waals surface area contributed by atoms with Gasteiger partial charge in [-0.3, -0.25) is 9.78 Å². The van der Waals surface area contributed by atoms with Gasteiger partial charge >= 0.3 is 0 Å². The average molecular weight is 417 g/mol. The van der Waals surface area contributed by atoms with E-state index >= 15 is 0 Å². The van der Waals surface area contributed by atoms with Crippen LogP contribution in [0.25, 0.3) is 10.8 Å². The Hall–Kier alpha value is -2.83. The number of nitrogens with two attached hydrogens (primary N) is 1. The molecule has 1 heterocycles. The van der Waals surface area contributed by atoms with Crippen LogP contribution in [0.5, 0.6) is 17.2 Å². The van der Waals surface area contributed by atoms with Crippen LogP contribution in [-0.2, 0) is 6.54 Å². The Bertz CT molecular complexity index is 1020. The standard InChI is InChI=1S/C22H24N2O4.ClH/c1-13(2)28-16-7-5-6-14(8-16)22(25)21-18-10-20(27-4)19(26-3)9-17(18)15(11-23)12-24-21;/h5-10,12-13H,11,23H2,1-4H3;1H. The lowest BCUT2D eigenvalue weighted by atomic mass is 9.99. The molecule has 2 N–H and O–H groups in total. The second-order valence-electron chi connectivity index (χ2n) is 6.61. The van der Waals surface area contributed by atoms with Crippen LogP contribution >= 0.6 is 12.4 Å². The molecule has 0 bridgehead atoms. The predicted molar refractivity (Wildman–Crippen MR) is 116 cm³/mol. The Balaban J connectivity index is 0.00000300. The highest BCUT2D eigenvalue weighted by Gasteiger charge is 2.19. The van der Waals surface area contributed by atoms with Gasteiger partial charge in [0.25, 0.3) is 0 Å². The summed E-state index contributed by atoms with van der Waals surface area (Å²) in [6.07, 6.45) is 1.65. The molecule has 0 aliphatic heterocycles. The number of carbonyl (C=O) groups excluding carboxylic acids is 1. The van der Waals surface area contributed by atoms with Crippen molar-refractivity contribution in [3.05, 3.63) is 59.4 Å². The fourth-order valence-electron chi connectivity index (χ4n) is 3.09. The summed E-state index contributed by atoms with van der Waals surface area (Å²) in [4.78, 5) is 17.6. The highest BCUT2D eigenvalue weighted by molar-refractivity contribution is 6.15. The molecule has 0 unspecified atom stereocenters. The quantitative estimate of drug-likeness (QED) is 0.582. The first-order valence-electron chi connectivity index (χ1n) is 9.03. The van der Waals surface area contributed by atoms with Gasteiger partial charge in [-0.25, -0.2) is 0 Å². The average Bonchev–Trinajstić information content (AvgIpc) is 2.71. The zero-order valence-corrected chi connectivity index (χ0v) is 17.7. The number of halogens is 1. The van der Waals surface area contributed by atoms with Crippen LogP contribution < -0.4 is 19.9 Å². The third kappa shape index (κ3) is 4.60. The molecular weight excluding hydrogens is 392 g/mol. The van der Waals surface area contributed by atoms with Gasteiger partial charge in [-0.2, -0.15) is 0 Å². The number of methoxy groups -OCH3 is 2. The number of benzene rings is 2. The molecule has 0 aliphatic rings. The van der Waals surface area contributed by atoms with Gasteiger partial charge in [0, 0.05) is 23.7 Å². The van der Waals surface area contributed by atoms with Crippen LogP contribution in [0.15, 0.2) is 42.6 Å². The minimum absolute atomic E-state index is 0. The summed E-state index contributed by atoms with van der Waals surface area (Å²) in [5, 5.41) is 1.48.